The van der Waals surface area contributed by atoms with Gasteiger partial charge in [-0.2, -0.15) is 9.30 Å². The van der Waals surface area contributed by atoms with E-state index in [1.54, 1.807) is 13.2 Å². The Bertz CT molecular complexity index is 1370. The average molecular weight is 543 g/mol. The highest BCUT2D eigenvalue weighted by atomic mass is 35.5. The van der Waals surface area contributed by atoms with Crippen LogP contribution in [0.4, 0.5) is 0 Å². The summed E-state index contributed by atoms with van der Waals surface area (Å²) in [5.74, 6) is 0.0511. The molecule has 1 aromatic heterocycles. The van der Waals surface area contributed by atoms with Gasteiger partial charge >= 0.3 is 0 Å². The Balaban J connectivity index is 1.65. The molecule has 0 unspecified atom stereocenters. The van der Waals surface area contributed by atoms with E-state index >= 15 is 0 Å². The fourth-order valence-electron chi connectivity index (χ4n) is 3.87. The number of sulfonamides is 1. The van der Waals surface area contributed by atoms with Gasteiger partial charge in [-0.3, -0.25) is 4.79 Å². The van der Waals surface area contributed by atoms with Gasteiger partial charge in [0.05, 0.1) is 31.8 Å². The van der Waals surface area contributed by atoms with Crippen LogP contribution in [0.1, 0.15) is 30.1 Å². The highest BCUT2D eigenvalue weighted by Crippen LogP contribution is 2.32. The molecule has 0 atom stereocenters. The summed E-state index contributed by atoms with van der Waals surface area (Å²) in [5.41, 5.74) is 0.992. The van der Waals surface area contributed by atoms with Crippen molar-refractivity contribution < 1.29 is 17.9 Å². The van der Waals surface area contributed by atoms with E-state index in [4.69, 9.17) is 27.9 Å². The van der Waals surface area contributed by atoms with Gasteiger partial charge in [0.2, 0.25) is 10.0 Å². The Labute approximate surface area is 212 Å². The van der Waals surface area contributed by atoms with Crippen molar-refractivity contribution in [2.24, 2.45) is 10.9 Å². The summed E-state index contributed by atoms with van der Waals surface area (Å²) >= 11 is 14.0. The van der Waals surface area contributed by atoms with Crippen LogP contribution >= 0.6 is 34.5 Å². The molecular weight excluding hydrogens is 517 g/mol. The third-order valence-electron chi connectivity index (χ3n) is 5.93. The second-order valence-electron chi connectivity index (χ2n) is 8.27. The van der Waals surface area contributed by atoms with Gasteiger partial charge in [0, 0.05) is 32.3 Å². The third kappa shape index (κ3) is 5.10. The molecule has 0 N–H and O–H groups in total. The molecule has 2 aromatic carbocycles. The first-order valence-corrected chi connectivity index (χ1v) is 13.9. The van der Waals surface area contributed by atoms with Gasteiger partial charge in [-0.1, -0.05) is 41.5 Å². The van der Waals surface area contributed by atoms with Gasteiger partial charge in [0.1, 0.15) is 0 Å². The zero-order valence-electron chi connectivity index (χ0n) is 18.8. The second kappa shape index (κ2) is 10.5. The third-order valence-corrected chi connectivity index (χ3v) is 9.68. The van der Waals surface area contributed by atoms with Crippen molar-refractivity contribution in [1.82, 2.24) is 8.87 Å². The number of ether oxygens (including phenoxy) is 1. The number of hydrogen-bond acceptors (Lipinski definition) is 5. The SMILES string of the molecule is COCCn1c(=NC(=O)c2ccc(S(=O)(=O)N3CCC(C)CC3)cc2)sc2ccc(Cl)c(Cl)c21. The van der Waals surface area contributed by atoms with Crippen LogP contribution in [-0.2, 0) is 21.3 Å². The second-order valence-corrected chi connectivity index (χ2v) is 12.0. The number of aromatic nitrogens is 1. The van der Waals surface area contributed by atoms with Crippen molar-refractivity contribution in [3.8, 4) is 0 Å². The Morgan fingerprint density at radius 3 is 2.47 bits per heavy atom. The quantitative estimate of drug-likeness (QED) is 0.448. The van der Waals surface area contributed by atoms with Crippen LogP contribution in [0.3, 0.4) is 0 Å². The van der Waals surface area contributed by atoms with Crippen LogP contribution in [0.25, 0.3) is 10.2 Å². The number of piperidine rings is 1. The normalized spacial score (nSPS) is 16.4. The highest BCUT2D eigenvalue weighted by Gasteiger charge is 2.28. The molecule has 1 fully saturated rings. The topological polar surface area (TPSA) is 81.0 Å². The Hall–Kier alpha value is -1.75. The molecule has 34 heavy (non-hydrogen) atoms. The lowest BCUT2D eigenvalue weighted by molar-refractivity contribution is 0.0997. The molecule has 2 heterocycles. The molecular formula is C23H25Cl2N3O4S2. The summed E-state index contributed by atoms with van der Waals surface area (Å²) < 4.78 is 35.3. The molecule has 7 nitrogen and oxygen atoms in total. The molecule has 4 rings (SSSR count). The zero-order chi connectivity index (χ0) is 24.5. The van der Waals surface area contributed by atoms with E-state index in [0.717, 1.165) is 17.5 Å². The minimum absolute atomic E-state index is 0.178. The van der Waals surface area contributed by atoms with Crippen LogP contribution in [0.15, 0.2) is 46.3 Å². The van der Waals surface area contributed by atoms with Gasteiger partial charge in [-0.05, 0) is 55.2 Å². The van der Waals surface area contributed by atoms with Crippen LogP contribution in [0.5, 0.6) is 0 Å². The van der Waals surface area contributed by atoms with Crippen molar-refractivity contribution in [3.63, 3.8) is 0 Å². The van der Waals surface area contributed by atoms with E-state index in [9.17, 15) is 13.2 Å². The number of fused-ring (bicyclic) bond motifs is 1. The fraction of sp³-hybridized carbons (Fsp3) is 0.391. The summed E-state index contributed by atoms with van der Waals surface area (Å²) in [5, 5.41) is 0.804. The van der Waals surface area contributed by atoms with Crippen LogP contribution in [0.2, 0.25) is 10.0 Å². The molecule has 1 saturated heterocycles. The number of thiazole rings is 1. The highest BCUT2D eigenvalue weighted by molar-refractivity contribution is 7.89. The van der Waals surface area contributed by atoms with Gasteiger partial charge < -0.3 is 9.30 Å². The van der Waals surface area contributed by atoms with E-state index in [-0.39, 0.29) is 4.90 Å². The standard InChI is InChI=1S/C23H25Cl2N3O4S2/c1-15-9-11-27(12-10-15)34(30,31)17-5-3-16(4-6-17)22(29)26-23-28(13-14-32-2)21-19(33-23)8-7-18(24)20(21)25/h3-8,15H,9-14H2,1-2H3. The van der Waals surface area contributed by atoms with Crippen molar-refractivity contribution in [3.05, 3.63) is 56.8 Å². The van der Waals surface area contributed by atoms with E-state index in [0.29, 0.717) is 58.1 Å². The van der Waals surface area contributed by atoms with Crippen LogP contribution < -0.4 is 4.80 Å². The number of halogens is 2. The minimum atomic E-state index is -3.58. The smallest absolute Gasteiger partial charge is 0.279 e. The first-order valence-electron chi connectivity index (χ1n) is 10.9. The number of nitrogens with zero attached hydrogens (tertiary/aromatic N) is 3. The molecule has 0 spiro atoms. The number of carbonyl (C=O) groups excluding carboxylic acids is 1. The number of hydrogen-bond donors (Lipinski definition) is 0. The number of benzene rings is 2. The molecule has 3 aromatic rings. The predicted molar refractivity (Wildman–Crippen MR) is 135 cm³/mol. The maximum absolute atomic E-state index is 13.0. The number of amides is 1. The number of methoxy groups -OCH3 is 1. The molecule has 0 aliphatic carbocycles. The van der Waals surface area contributed by atoms with E-state index < -0.39 is 15.9 Å². The molecule has 1 amide bonds. The van der Waals surface area contributed by atoms with Crippen molar-refractivity contribution >= 4 is 60.7 Å². The summed E-state index contributed by atoms with van der Waals surface area (Å²) in [4.78, 5) is 17.9. The van der Waals surface area contributed by atoms with E-state index in [1.165, 1.54) is 39.9 Å². The van der Waals surface area contributed by atoms with Gasteiger partial charge in [0.25, 0.3) is 5.91 Å². The first-order chi connectivity index (χ1) is 16.2. The molecule has 1 aliphatic rings. The largest absolute Gasteiger partial charge is 0.383 e. The van der Waals surface area contributed by atoms with Crippen molar-refractivity contribution in [2.45, 2.75) is 31.2 Å². The summed E-state index contributed by atoms with van der Waals surface area (Å²) in [6, 6.07) is 9.48. The summed E-state index contributed by atoms with van der Waals surface area (Å²) in [7, 11) is -1.99. The molecule has 182 valence electrons. The average Bonchev–Trinajstić information content (AvgIpc) is 3.18. The first kappa shape index (κ1) is 25.3. The summed E-state index contributed by atoms with van der Waals surface area (Å²) in [6.07, 6.45) is 1.70. The fourth-order valence-corrected chi connectivity index (χ4v) is 6.88. The van der Waals surface area contributed by atoms with Crippen molar-refractivity contribution in [1.29, 1.82) is 0 Å². The Morgan fingerprint density at radius 1 is 1.15 bits per heavy atom. The molecule has 0 bridgehead atoms. The monoisotopic (exact) mass is 541 g/mol. The van der Waals surface area contributed by atoms with Crippen LogP contribution in [0, 0.1) is 5.92 Å². The maximum atomic E-state index is 13.0. The van der Waals surface area contributed by atoms with E-state index in [1.807, 2.05) is 10.6 Å². The lowest BCUT2D eigenvalue weighted by Gasteiger charge is -2.29. The Morgan fingerprint density at radius 2 is 1.82 bits per heavy atom. The molecule has 0 radical (unpaired) electrons. The predicted octanol–water partition coefficient (Wildman–Crippen LogP) is 4.82. The lowest BCUT2D eigenvalue weighted by Crippen LogP contribution is -2.37. The Kier molecular flexibility index (Phi) is 7.81. The minimum Gasteiger partial charge on any atom is -0.383 e. The lowest BCUT2D eigenvalue weighted by atomic mass is 10.0. The zero-order valence-corrected chi connectivity index (χ0v) is 22.0. The number of carbonyl (C=O) groups is 1. The maximum Gasteiger partial charge on any atom is 0.279 e. The molecule has 0 saturated carbocycles. The van der Waals surface area contributed by atoms with Crippen LogP contribution in [-0.4, -0.2) is 50.0 Å². The number of rotatable bonds is 6. The summed E-state index contributed by atoms with van der Waals surface area (Å²) in [6.45, 7) is 4.00. The van der Waals surface area contributed by atoms with E-state index in [2.05, 4.69) is 11.9 Å². The van der Waals surface area contributed by atoms with Gasteiger partial charge in [-0.25, -0.2) is 8.42 Å². The van der Waals surface area contributed by atoms with Crippen molar-refractivity contribution in [2.75, 3.05) is 26.8 Å². The molecule has 11 heteroatoms. The molecule has 1 aliphatic heterocycles. The van der Waals surface area contributed by atoms with Gasteiger partial charge in [0.15, 0.2) is 4.80 Å². The van der Waals surface area contributed by atoms with Gasteiger partial charge in [-0.15, -0.1) is 0 Å².